The minimum Gasteiger partial charge on any atom is -0.358 e. The van der Waals surface area contributed by atoms with Gasteiger partial charge in [0.25, 0.3) is 11.8 Å². The number of rotatable bonds is 4. The van der Waals surface area contributed by atoms with E-state index in [-0.39, 0.29) is 11.8 Å². The largest absolute Gasteiger partial charge is 0.358 e. The van der Waals surface area contributed by atoms with Gasteiger partial charge in [-0.1, -0.05) is 35.9 Å². The number of nitrogens with one attached hydrogen (secondary N) is 2. The third-order valence-corrected chi connectivity index (χ3v) is 8.62. The number of piperidine rings is 1. The second kappa shape index (κ2) is 10.1. The number of halogens is 1. The molecule has 0 saturated carbocycles. The molecule has 0 spiro atoms. The Balaban J connectivity index is 1.29. The fourth-order valence-electron chi connectivity index (χ4n) is 6.34. The molecule has 4 heterocycles. The van der Waals surface area contributed by atoms with E-state index in [1.165, 1.54) is 25.9 Å². The van der Waals surface area contributed by atoms with Crippen molar-refractivity contribution in [1.82, 2.24) is 14.8 Å². The van der Waals surface area contributed by atoms with E-state index in [1.54, 1.807) is 0 Å². The summed E-state index contributed by atoms with van der Waals surface area (Å²) >= 11 is 6.11. The van der Waals surface area contributed by atoms with Crippen LogP contribution in [0.25, 0.3) is 22.8 Å². The van der Waals surface area contributed by atoms with Crippen LogP contribution in [-0.2, 0) is 4.79 Å². The molecule has 6 rings (SSSR count). The average Bonchev–Trinajstić information content (AvgIpc) is 3.63. The number of likely N-dealkylation sites (tertiary alicyclic amines) is 2. The number of hydrogen-bond donors (Lipinski definition) is 2. The molecule has 7 heteroatoms. The Labute approximate surface area is 228 Å². The summed E-state index contributed by atoms with van der Waals surface area (Å²) in [6, 6.07) is 14.1. The fourth-order valence-corrected chi connectivity index (χ4v) is 6.47. The summed E-state index contributed by atoms with van der Waals surface area (Å²) in [7, 11) is 0. The van der Waals surface area contributed by atoms with Gasteiger partial charge in [0.15, 0.2) is 0 Å². The van der Waals surface area contributed by atoms with Crippen molar-refractivity contribution < 1.29 is 9.59 Å². The molecule has 6 nitrogen and oxygen atoms in total. The fraction of sp³-hybridized carbons (Fsp3) is 0.355. The lowest BCUT2D eigenvalue weighted by atomic mass is 9.94. The van der Waals surface area contributed by atoms with Crippen LogP contribution in [0, 0.1) is 13.8 Å². The van der Waals surface area contributed by atoms with Crippen LogP contribution in [0.4, 0.5) is 5.69 Å². The lowest BCUT2D eigenvalue weighted by Crippen LogP contribution is -2.46. The molecule has 2 aromatic carbocycles. The van der Waals surface area contributed by atoms with Gasteiger partial charge in [0.05, 0.1) is 11.1 Å². The molecular formula is C31H33ClN4O2. The molecule has 3 aliphatic rings. The number of fused-ring (bicyclic) bond motifs is 1. The zero-order valence-corrected chi connectivity index (χ0v) is 22.7. The first-order valence-electron chi connectivity index (χ1n) is 13.6. The van der Waals surface area contributed by atoms with Gasteiger partial charge in [-0.15, -0.1) is 0 Å². The Hall–Kier alpha value is -3.35. The molecule has 2 N–H and O–H groups in total. The summed E-state index contributed by atoms with van der Waals surface area (Å²) in [5.74, 6) is -0.0659. The molecule has 2 saturated heterocycles. The maximum atomic E-state index is 13.6. The predicted octanol–water partition coefficient (Wildman–Crippen LogP) is 6.15. The summed E-state index contributed by atoms with van der Waals surface area (Å²) in [5.41, 5.74) is 7.42. The Morgan fingerprint density at radius 1 is 1.00 bits per heavy atom. The van der Waals surface area contributed by atoms with Crippen molar-refractivity contribution in [3.05, 3.63) is 75.6 Å². The van der Waals surface area contributed by atoms with E-state index in [9.17, 15) is 9.59 Å². The maximum Gasteiger partial charge on any atom is 0.256 e. The second-order valence-electron chi connectivity index (χ2n) is 10.7. The molecule has 2 amide bonds. The topological polar surface area (TPSA) is 68.4 Å². The average molecular weight is 529 g/mol. The predicted molar refractivity (Wildman–Crippen MR) is 153 cm³/mol. The van der Waals surface area contributed by atoms with E-state index in [2.05, 4.69) is 15.2 Å². The standard InChI is InChI=1S/C31H33ClN4O2/c1-19-27(33-20(2)28(19)31(38)36-16-12-23(13-17-36)35-14-3-4-15-35)18-25-29-24(21-8-10-22(32)11-9-21)6-5-7-26(29)34-30(25)37/h5-11,18,23,33H,3-4,12-17H2,1-2H3,(H,34,37). The van der Waals surface area contributed by atoms with Crippen molar-refractivity contribution in [3.63, 3.8) is 0 Å². The first kappa shape index (κ1) is 25.0. The number of aromatic nitrogens is 1. The van der Waals surface area contributed by atoms with E-state index < -0.39 is 0 Å². The minimum absolute atomic E-state index is 0.0823. The smallest absolute Gasteiger partial charge is 0.256 e. The third kappa shape index (κ3) is 4.46. The summed E-state index contributed by atoms with van der Waals surface area (Å²) < 4.78 is 0. The van der Waals surface area contributed by atoms with Crippen LogP contribution in [0.15, 0.2) is 42.5 Å². The van der Waals surface area contributed by atoms with Crippen LogP contribution in [0.2, 0.25) is 5.02 Å². The van der Waals surface area contributed by atoms with Crippen molar-refractivity contribution in [2.45, 2.75) is 45.6 Å². The Morgan fingerprint density at radius 3 is 2.42 bits per heavy atom. The van der Waals surface area contributed by atoms with Crippen molar-refractivity contribution in [1.29, 1.82) is 0 Å². The number of aromatic amines is 1. The van der Waals surface area contributed by atoms with Crippen LogP contribution in [0.5, 0.6) is 0 Å². The van der Waals surface area contributed by atoms with Gasteiger partial charge in [0.1, 0.15) is 0 Å². The number of benzene rings is 2. The summed E-state index contributed by atoms with van der Waals surface area (Å²) in [6.45, 7) is 7.90. The summed E-state index contributed by atoms with van der Waals surface area (Å²) in [6.07, 6.45) is 6.55. The van der Waals surface area contributed by atoms with E-state index in [1.807, 2.05) is 67.3 Å². The van der Waals surface area contributed by atoms with Gasteiger partial charge < -0.3 is 20.1 Å². The summed E-state index contributed by atoms with van der Waals surface area (Å²) in [4.78, 5) is 34.7. The van der Waals surface area contributed by atoms with Gasteiger partial charge in [-0.25, -0.2) is 0 Å². The van der Waals surface area contributed by atoms with Gasteiger partial charge in [-0.05, 0) is 93.6 Å². The highest BCUT2D eigenvalue weighted by Crippen LogP contribution is 2.41. The van der Waals surface area contributed by atoms with Crippen LogP contribution in [0.3, 0.4) is 0 Å². The third-order valence-electron chi connectivity index (χ3n) is 8.37. The molecule has 3 aromatic rings. The highest BCUT2D eigenvalue weighted by atomic mass is 35.5. The molecule has 196 valence electrons. The Bertz CT molecular complexity index is 1420. The van der Waals surface area contributed by atoms with Crippen molar-refractivity contribution >= 4 is 40.8 Å². The number of carbonyl (C=O) groups is 2. The van der Waals surface area contributed by atoms with Gasteiger partial charge >= 0.3 is 0 Å². The highest BCUT2D eigenvalue weighted by Gasteiger charge is 2.32. The highest BCUT2D eigenvalue weighted by molar-refractivity contribution is 6.36. The molecule has 1 aromatic heterocycles. The molecule has 0 bridgehead atoms. The number of nitrogens with zero attached hydrogens (tertiary/aromatic N) is 2. The van der Waals surface area contributed by atoms with Crippen molar-refractivity contribution in [2.75, 3.05) is 31.5 Å². The Morgan fingerprint density at radius 2 is 1.71 bits per heavy atom. The quantitative estimate of drug-likeness (QED) is 0.399. The molecule has 0 radical (unpaired) electrons. The molecule has 2 fully saturated rings. The molecule has 0 unspecified atom stereocenters. The molecule has 0 atom stereocenters. The van der Waals surface area contributed by atoms with Crippen molar-refractivity contribution in [3.8, 4) is 11.1 Å². The lowest BCUT2D eigenvalue weighted by molar-refractivity contribution is -0.110. The van der Waals surface area contributed by atoms with E-state index in [0.717, 1.165) is 70.8 Å². The van der Waals surface area contributed by atoms with Crippen LogP contribution in [0.1, 0.15) is 58.6 Å². The number of carbonyl (C=O) groups excluding carboxylic acids is 2. The monoisotopic (exact) mass is 528 g/mol. The van der Waals surface area contributed by atoms with Gasteiger partial charge in [-0.3, -0.25) is 9.59 Å². The number of hydrogen-bond acceptors (Lipinski definition) is 3. The van der Waals surface area contributed by atoms with E-state index in [4.69, 9.17) is 11.6 Å². The zero-order valence-electron chi connectivity index (χ0n) is 21.9. The van der Waals surface area contributed by atoms with Crippen molar-refractivity contribution in [2.24, 2.45) is 0 Å². The number of aryl methyl sites for hydroxylation is 1. The lowest BCUT2D eigenvalue weighted by Gasteiger charge is -2.36. The van der Waals surface area contributed by atoms with E-state index >= 15 is 0 Å². The van der Waals surface area contributed by atoms with Gasteiger partial charge in [0.2, 0.25) is 0 Å². The molecule has 3 aliphatic heterocycles. The second-order valence-corrected chi connectivity index (χ2v) is 11.1. The minimum atomic E-state index is -0.148. The van der Waals surface area contributed by atoms with E-state index in [0.29, 0.717) is 16.6 Å². The Kier molecular flexibility index (Phi) is 6.62. The first-order chi connectivity index (χ1) is 18.4. The molecule has 0 aliphatic carbocycles. The van der Waals surface area contributed by atoms with Crippen LogP contribution in [-0.4, -0.2) is 58.8 Å². The number of amides is 2. The SMILES string of the molecule is Cc1[nH]c(C=C2C(=O)Nc3cccc(-c4ccc(Cl)cc4)c32)c(C)c1C(=O)N1CCC(N2CCCC2)CC1. The molecule has 38 heavy (non-hydrogen) atoms. The number of H-pyrrole nitrogens is 1. The van der Waals surface area contributed by atoms with Crippen LogP contribution >= 0.6 is 11.6 Å². The van der Waals surface area contributed by atoms with Gasteiger partial charge in [0, 0.05) is 46.8 Å². The number of anilines is 1. The molecular weight excluding hydrogens is 496 g/mol. The van der Waals surface area contributed by atoms with Gasteiger partial charge in [-0.2, -0.15) is 0 Å². The maximum absolute atomic E-state index is 13.6. The normalized spacial score (nSPS) is 19.3. The summed E-state index contributed by atoms with van der Waals surface area (Å²) in [5, 5.41) is 3.67. The zero-order chi connectivity index (χ0) is 26.4. The van der Waals surface area contributed by atoms with Crippen LogP contribution < -0.4 is 5.32 Å². The first-order valence-corrected chi connectivity index (χ1v) is 13.9.